The summed E-state index contributed by atoms with van der Waals surface area (Å²) in [6.45, 7) is 0. The van der Waals surface area contributed by atoms with Gasteiger partial charge in [-0.15, -0.1) is 10.2 Å². The molecule has 0 amide bonds. The average Bonchev–Trinajstić information content (AvgIpc) is 3.06. The topological polar surface area (TPSA) is 63.6 Å². The fourth-order valence-electron chi connectivity index (χ4n) is 1.58. The van der Waals surface area contributed by atoms with Gasteiger partial charge in [0, 0.05) is 10.9 Å². The van der Waals surface area contributed by atoms with Gasteiger partial charge in [0.05, 0.1) is 5.69 Å². The maximum absolute atomic E-state index is 5.76. The van der Waals surface area contributed by atoms with Crippen LogP contribution in [-0.4, -0.2) is 4.98 Å². The van der Waals surface area contributed by atoms with Gasteiger partial charge in [0.25, 0.3) is 0 Å². The van der Waals surface area contributed by atoms with Crippen LogP contribution in [0.4, 0.5) is 15.8 Å². The number of anilines is 1. The summed E-state index contributed by atoms with van der Waals surface area (Å²) in [6.07, 6.45) is 0. The highest BCUT2D eigenvalue weighted by Gasteiger charge is 2.11. The lowest BCUT2D eigenvalue weighted by Gasteiger charge is -1.93. The number of hydrogen-bond acceptors (Lipinski definition) is 6. The molecule has 0 saturated carbocycles. The van der Waals surface area contributed by atoms with Gasteiger partial charge in [0.2, 0.25) is 0 Å². The van der Waals surface area contributed by atoms with E-state index < -0.39 is 0 Å². The van der Waals surface area contributed by atoms with Crippen molar-refractivity contribution >= 4 is 38.5 Å². The Labute approximate surface area is 118 Å². The summed E-state index contributed by atoms with van der Waals surface area (Å²) in [5.41, 5.74) is 8.40. The van der Waals surface area contributed by atoms with Crippen LogP contribution in [0.15, 0.2) is 57.4 Å². The van der Waals surface area contributed by atoms with E-state index in [-0.39, 0.29) is 0 Å². The maximum atomic E-state index is 5.76. The van der Waals surface area contributed by atoms with Crippen molar-refractivity contribution in [1.82, 2.24) is 4.98 Å². The standard InChI is InChI=1S/C13H10N4S2/c14-13-15-11(9-6-7-18-8-9)12(19-13)17-16-10-4-2-1-3-5-10/h1-8H,(H2,14,15). The van der Waals surface area contributed by atoms with Gasteiger partial charge in [-0.05, 0) is 23.6 Å². The van der Waals surface area contributed by atoms with Crippen LogP contribution in [-0.2, 0) is 0 Å². The van der Waals surface area contributed by atoms with E-state index in [9.17, 15) is 0 Å². The molecule has 0 fully saturated rings. The van der Waals surface area contributed by atoms with Crippen molar-refractivity contribution < 1.29 is 0 Å². The van der Waals surface area contributed by atoms with E-state index in [1.807, 2.05) is 47.2 Å². The molecule has 0 unspecified atom stereocenters. The van der Waals surface area contributed by atoms with Gasteiger partial charge in [-0.3, -0.25) is 0 Å². The number of nitrogens with two attached hydrogens (primary N) is 1. The highest BCUT2D eigenvalue weighted by Crippen LogP contribution is 2.38. The third kappa shape index (κ3) is 2.69. The molecule has 3 rings (SSSR count). The third-order valence-corrected chi connectivity index (χ3v) is 3.88. The summed E-state index contributed by atoms with van der Waals surface area (Å²) in [7, 11) is 0. The van der Waals surface area contributed by atoms with Gasteiger partial charge < -0.3 is 5.73 Å². The number of thiophene rings is 1. The first-order chi connectivity index (χ1) is 9.33. The minimum atomic E-state index is 0.503. The molecule has 0 saturated heterocycles. The molecular weight excluding hydrogens is 276 g/mol. The quantitative estimate of drug-likeness (QED) is 0.698. The molecule has 2 aromatic heterocycles. The zero-order chi connectivity index (χ0) is 13.1. The van der Waals surface area contributed by atoms with Crippen LogP contribution >= 0.6 is 22.7 Å². The molecule has 0 bridgehead atoms. The smallest absolute Gasteiger partial charge is 0.182 e. The molecule has 2 heterocycles. The Hall–Kier alpha value is -2.05. The molecule has 0 aliphatic heterocycles. The normalized spacial score (nSPS) is 11.2. The molecule has 19 heavy (non-hydrogen) atoms. The second-order valence-corrected chi connectivity index (χ2v) is 5.54. The highest BCUT2D eigenvalue weighted by atomic mass is 32.1. The minimum absolute atomic E-state index is 0.503. The Morgan fingerprint density at radius 2 is 1.89 bits per heavy atom. The fourth-order valence-corrected chi connectivity index (χ4v) is 2.90. The van der Waals surface area contributed by atoms with Crippen molar-refractivity contribution in [2.24, 2.45) is 10.2 Å². The van der Waals surface area contributed by atoms with Gasteiger partial charge in [-0.2, -0.15) is 11.3 Å². The Kier molecular flexibility index (Phi) is 3.35. The summed E-state index contributed by atoms with van der Waals surface area (Å²) in [5, 5.41) is 13.7. The number of benzene rings is 1. The molecule has 0 spiro atoms. The lowest BCUT2D eigenvalue weighted by molar-refractivity contribution is 1.24. The van der Waals surface area contributed by atoms with Crippen LogP contribution in [0.5, 0.6) is 0 Å². The van der Waals surface area contributed by atoms with Crippen LogP contribution in [0.3, 0.4) is 0 Å². The van der Waals surface area contributed by atoms with E-state index >= 15 is 0 Å². The zero-order valence-corrected chi connectivity index (χ0v) is 11.5. The molecular formula is C13H10N4S2. The number of nitrogens with zero attached hydrogens (tertiary/aromatic N) is 3. The Morgan fingerprint density at radius 1 is 1.05 bits per heavy atom. The van der Waals surface area contributed by atoms with Gasteiger partial charge in [-0.1, -0.05) is 29.5 Å². The van der Waals surface area contributed by atoms with E-state index in [0.717, 1.165) is 21.9 Å². The summed E-state index contributed by atoms with van der Waals surface area (Å²) in [6, 6.07) is 11.6. The van der Waals surface area contributed by atoms with E-state index in [0.29, 0.717) is 5.13 Å². The lowest BCUT2D eigenvalue weighted by Crippen LogP contribution is -1.81. The van der Waals surface area contributed by atoms with Crippen molar-refractivity contribution in [2.45, 2.75) is 0 Å². The SMILES string of the molecule is Nc1nc(-c2ccsc2)c(N=Nc2ccccc2)s1. The number of thiazole rings is 1. The number of azo groups is 1. The van der Waals surface area contributed by atoms with Crippen LogP contribution in [0.2, 0.25) is 0 Å². The van der Waals surface area contributed by atoms with E-state index in [4.69, 9.17) is 5.73 Å². The van der Waals surface area contributed by atoms with Gasteiger partial charge in [0.1, 0.15) is 5.69 Å². The average molecular weight is 286 g/mol. The molecule has 94 valence electrons. The molecule has 3 aromatic rings. The summed E-state index contributed by atoms with van der Waals surface area (Å²) in [5.74, 6) is 0. The first-order valence-corrected chi connectivity index (χ1v) is 7.34. The number of hydrogen-bond donors (Lipinski definition) is 1. The van der Waals surface area contributed by atoms with E-state index in [2.05, 4.69) is 15.2 Å². The summed E-state index contributed by atoms with van der Waals surface area (Å²) >= 11 is 2.96. The van der Waals surface area contributed by atoms with Crippen molar-refractivity contribution in [3.63, 3.8) is 0 Å². The highest BCUT2D eigenvalue weighted by molar-refractivity contribution is 7.19. The number of nitrogen functional groups attached to an aromatic ring is 1. The third-order valence-electron chi connectivity index (χ3n) is 2.43. The van der Waals surface area contributed by atoms with Gasteiger partial charge >= 0.3 is 0 Å². The van der Waals surface area contributed by atoms with Crippen LogP contribution in [0.25, 0.3) is 11.3 Å². The second kappa shape index (κ2) is 5.29. The van der Waals surface area contributed by atoms with Crippen LogP contribution < -0.4 is 5.73 Å². The number of aromatic nitrogens is 1. The molecule has 1 aromatic carbocycles. The van der Waals surface area contributed by atoms with E-state index in [1.54, 1.807) is 11.3 Å². The molecule has 0 radical (unpaired) electrons. The van der Waals surface area contributed by atoms with Crippen molar-refractivity contribution in [1.29, 1.82) is 0 Å². The minimum Gasteiger partial charge on any atom is -0.375 e. The Morgan fingerprint density at radius 3 is 2.63 bits per heavy atom. The Balaban J connectivity index is 1.96. The molecule has 2 N–H and O–H groups in total. The molecule has 6 heteroatoms. The second-order valence-electron chi connectivity index (χ2n) is 3.75. The summed E-state index contributed by atoms with van der Waals surface area (Å²) < 4.78 is 0. The monoisotopic (exact) mass is 286 g/mol. The maximum Gasteiger partial charge on any atom is 0.182 e. The fraction of sp³-hybridized carbons (Fsp3) is 0. The predicted octanol–water partition coefficient (Wildman–Crippen LogP) is 4.87. The molecule has 4 nitrogen and oxygen atoms in total. The lowest BCUT2D eigenvalue weighted by atomic mass is 10.2. The first-order valence-electron chi connectivity index (χ1n) is 5.58. The Bertz CT molecular complexity index is 687. The van der Waals surface area contributed by atoms with Gasteiger partial charge in [-0.25, -0.2) is 4.98 Å². The predicted molar refractivity (Wildman–Crippen MR) is 80.5 cm³/mol. The molecule has 0 atom stereocenters. The summed E-state index contributed by atoms with van der Waals surface area (Å²) in [4.78, 5) is 4.31. The van der Waals surface area contributed by atoms with E-state index in [1.165, 1.54) is 11.3 Å². The van der Waals surface area contributed by atoms with Crippen molar-refractivity contribution in [3.05, 3.63) is 47.2 Å². The van der Waals surface area contributed by atoms with Crippen LogP contribution in [0, 0.1) is 0 Å². The zero-order valence-electron chi connectivity index (χ0n) is 9.85. The van der Waals surface area contributed by atoms with Crippen molar-refractivity contribution in [3.8, 4) is 11.3 Å². The molecule has 0 aliphatic rings. The van der Waals surface area contributed by atoms with Gasteiger partial charge in [0.15, 0.2) is 10.1 Å². The van der Waals surface area contributed by atoms with Crippen LogP contribution in [0.1, 0.15) is 0 Å². The largest absolute Gasteiger partial charge is 0.375 e. The molecule has 0 aliphatic carbocycles. The number of rotatable bonds is 3. The van der Waals surface area contributed by atoms with Crippen molar-refractivity contribution in [2.75, 3.05) is 5.73 Å². The first kappa shape index (κ1) is 12.0.